The Balaban J connectivity index is 1.98. The molecule has 0 bridgehead atoms. The second kappa shape index (κ2) is 6.33. The Labute approximate surface area is 140 Å². The van der Waals surface area contributed by atoms with E-state index in [1.54, 1.807) is 24.4 Å². The summed E-state index contributed by atoms with van der Waals surface area (Å²) >= 11 is 0. The number of aromatic carboxylic acids is 1. The smallest absolute Gasteiger partial charge is 0.335 e. The molecule has 2 aromatic rings. The minimum absolute atomic E-state index is 0.190. The lowest BCUT2D eigenvalue weighted by molar-refractivity contribution is 0.0697. The van der Waals surface area contributed by atoms with E-state index in [2.05, 4.69) is 4.98 Å². The van der Waals surface area contributed by atoms with E-state index in [9.17, 15) is 13.2 Å². The van der Waals surface area contributed by atoms with Crippen molar-refractivity contribution in [1.82, 2.24) is 9.29 Å². The highest BCUT2D eigenvalue weighted by atomic mass is 32.2. The zero-order valence-electron chi connectivity index (χ0n) is 13.2. The van der Waals surface area contributed by atoms with E-state index in [1.165, 1.54) is 16.6 Å². The molecule has 0 amide bonds. The first kappa shape index (κ1) is 16.6. The van der Waals surface area contributed by atoms with Gasteiger partial charge in [0.05, 0.1) is 17.5 Å². The summed E-state index contributed by atoms with van der Waals surface area (Å²) in [5.74, 6) is -0.993. The molecule has 1 aromatic carbocycles. The average Bonchev–Trinajstić information content (AvgIpc) is 3.05. The molecular formula is C17H18N2O4S. The first-order valence-electron chi connectivity index (χ1n) is 7.63. The monoisotopic (exact) mass is 346 g/mol. The highest BCUT2D eigenvalue weighted by Gasteiger charge is 2.32. The molecule has 0 radical (unpaired) electrons. The maximum absolute atomic E-state index is 11.9. The molecule has 1 unspecified atom stereocenters. The fourth-order valence-electron chi connectivity index (χ4n) is 3.09. The number of carboxylic acids is 1. The molecule has 0 saturated carbocycles. The maximum atomic E-state index is 11.9. The molecule has 7 heteroatoms. The van der Waals surface area contributed by atoms with Crippen molar-refractivity contribution in [2.24, 2.45) is 0 Å². The van der Waals surface area contributed by atoms with E-state index in [0.29, 0.717) is 17.8 Å². The van der Waals surface area contributed by atoms with Crippen LogP contribution in [-0.2, 0) is 10.0 Å². The van der Waals surface area contributed by atoms with Gasteiger partial charge in [-0.25, -0.2) is 13.2 Å². The summed E-state index contributed by atoms with van der Waals surface area (Å²) in [6.45, 7) is 0.523. The van der Waals surface area contributed by atoms with Crippen molar-refractivity contribution >= 4 is 16.0 Å². The van der Waals surface area contributed by atoms with Gasteiger partial charge in [-0.3, -0.25) is 4.98 Å². The number of rotatable bonds is 4. The number of carboxylic acid groups (broad SMARTS) is 1. The first-order chi connectivity index (χ1) is 11.4. The normalized spacial score (nSPS) is 18.6. The number of sulfonamides is 1. The van der Waals surface area contributed by atoms with Gasteiger partial charge in [0.1, 0.15) is 0 Å². The molecule has 1 aliphatic heterocycles. The van der Waals surface area contributed by atoms with E-state index < -0.39 is 16.0 Å². The van der Waals surface area contributed by atoms with E-state index in [1.807, 2.05) is 12.1 Å². The maximum Gasteiger partial charge on any atom is 0.335 e. The molecule has 0 spiro atoms. The highest BCUT2D eigenvalue weighted by molar-refractivity contribution is 7.88. The van der Waals surface area contributed by atoms with Crippen molar-refractivity contribution in [2.45, 2.75) is 18.9 Å². The Hall–Kier alpha value is -2.25. The Morgan fingerprint density at radius 2 is 2.08 bits per heavy atom. The van der Waals surface area contributed by atoms with Gasteiger partial charge in [0, 0.05) is 24.3 Å². The molecule has 2 heterocycles. The van der Waals surface area contributed by atoms with Gasteiger partial charge in [0.2, 0.25) is 10.0 Å². The molecule has 1 aliphatic rings. The summed E-state index contributed by atoms with van der Waals surface area (Å²) in [5, 5.41) is 9.11. The minimum Gasteiger partial charge on any atom is -0.478 e. The van der Waals surface area contributed by atoms with Crippen molar-refractivity contribution in [3.05, 3.63) is 53.7 Å². The van der Waals surface area contributed by atoms with Gasteiger partial charge in [0.25, 0.3) is 0 Å². The topological polar surface area (TPSA) is 87.6 Å². The van der Waals surface area contributed by atoms with Crippen LogP contribution in [-0.4, -0.2) is 41.6 Å². The fraction of sp³-hybridized carbons (Fsp3) is 0.294. The van der Waals surface area contributed by atoms with Gasteiger partial charge in [-0.1, -0.05) is 12.1 Å². The van der Waals surface area contributed by atoms with Crippen LogP contribution in [0.4, 0.5) is 0 Å². The van der Waals surface area contributed by atoms with Gasteiger partial charge in [-0.15, -0.1) is 0 Å². The van der Waals surface area contributed by atoms with Crippen LogP contribution in [0, 0.1) is 0 Å². The molecule has 1 fully saturated rings. The van der Waals surface area contributed by atoms with Gasteiger partial charge < -0.3 is 5.11 Å². The number of nitrogens with zero attached hydrogens (tertiary/aromatic N) is 2. The lowest BCUT2D eigenvalue weighted by atomic mass is 10.0. The second-order valence-electron chi connectivity index (χ2n) is 5.89. The summed E-state index contributed by atoms with van der Waals surface area (Å²) in [7, 11) is -3.26. The highest BCUT2D eigenvalue weighted by Crippen LogP contribution is 2.34. The zero-order chi connectivity index (χ0) is 17.3. The third kappa shape index (κ3) is 3.32. The lowest BCUT2D eigenvalue weighted by Crippen LogP contribution is -2.29. The zero-order valence-corrected chi connectivity index (χ0v) is 14.0. The average molecular weight is 346 g/mol. The molecule has 1 N–H and O–H groups in total. The third-order valence-electron chi connectivity index (χ3n) is 4.20. The van der Waals surface area contributed by atoms with Crippen molar-refractivity contribution in [3.63, 3.8) is 0 Å². The van der Waals surface area contributed by atoms with Crippen LogP contribution in [0.3, 0.4) is 0 Å². The molecule has 1 saturated heterocycles. The number of aromatic nitrogens is 1. The first-order valence-corrected chi connectivity index (χ1v) is 9.47. The molecule has 0 aliphatic carbocycles. The Bertz CT molecular complexity index is 880. The number of carbonyl (C=O) groups is 1. The number of benzene rings is 1. The number of hydrogen-bond donors (Lipinski definition) is 1. The summed E-state index contributed by atoms with van der Waals surface area (Å²) in [4.78, 5) is 15.4. The van der Waals surface area contributed by atoms with Gasteiger partial charge >= 0.3 is 5.97 Å². The molecule has 1 atom stereocenters. The van der Waals surface area contributed by atoms with E-state index in [-0.39, 0.29) is 11.6 Å². The molecule has 1 aromatic heterocycles. The lowest BCUT2D eigenvalue weighted by Gasteiger charge is -2.22. The van der Waals surface area contributed by atoms with Crippen LogP contribution in [0.2, 0.25) is 0 Å². The SMILES string of the molecule is CS(=O)(=O)N1CCCC1c1ccnc(-c2cccc(C(=O)O)c2)c1. The number of hydrogen-bond acceptors (Lipinski definition) is 4. The van der Waals surface area contributed by atoms with Crippen LogP contribution in [0.15, 0.2) is 42.6 Å². The van der Waals surface area contributed by atoms with E-state index in [4.69, 9.17) is 5.11 Å². The molecular weight excluding hydrogens is 328 g/mol. The van der Waals surface area contributed by atoms with Gasteiger partial charge in [-0.05, 0) is 42.7 Å². The van der Waals surface area contributed by atoms with Crippen molar-refractivity contribution in [2.75, 3.05) is 12.8 Å². The van der Waals surface area contributed by atoms with Crippen LogP contribution < -0.4 is 0 Å². The predicted molar refractivity (Wildman–Crippen MR) is 90.2 cm³/mol. The Morgan fingerprint density at radius 1 is 1.29 bits per heavy atom. The van der Waals surface area contributed by atoms with Crippen molar-refractivity contribution in [3.8, 4) is 11.3 Å². The number of pyridine rings is 1. The molecule has 24 heavy (non-hydrogen) atoms. The van der Waals surface area contributed by atoms with Crippen LogP contribution in [0.25, 0.3) is 11.3 Å². The Kier molecular flexibility index (Phi) is 4.38. The summed E-state index contributed by atoms with van der Waals surface area (Å²) in [6, 6.07) is 10.0. The second-order valence-corrected chi connectivity index (χ2v) is 7.83. The van der Waals surface area contributed by atoms with Crippen molar-refractivity contribution in [1.29, 1.82) is 0 Å². The van der Waals surface area contributed by atoms with Gasteiger partial charge in [0.15, 0.2) is 0 Å². The molecule has 3 rings (SSSR count). The minimum atomic E-state index is -3.26. The predicted octanol–water partition coefficient (Wildman–Crippen LogP) is 2.54. The molecule has 126 valence electrons. The van der Waals surface area contributed by atoms with Crippen LogP contribution in [0.5, 0.6) is 0 Å². The van der Waals surface area contributed by atoms with E-state index in [0.717, 1.165) is 18.4 Å². The Morgan fingerprint density at radius 3 is 2.79 bits per heavy atom. The summed E-state index contributed by atoms with van der Waals surface area (Å²) in [6.07, 6.45) is 4.45. The molecule has 6 nitrogen and oxygen atoms in total. The largest absolute Gasteiger partial charge is 0.478 e. The van der Waals surface area contributed by atoms with Gasteiger partial charge in [-0.2, -0.15) is 4.31 Å². The third-order valence-corrected chi connectivity index (χ3v) is 5.49. The van der Waals surface area contributed by atoms with E-state index >= 15 is 0 Å². The summed E-state index contributed by atoms with van der Waals surface area (Å²) in [5.41, 5.74) is 2.40. The fourth-order valence-corrected chi connectivity index (χ4v) is 4.24. The summed E-state index contributed by atoms with van der Waals surface area (Å²) < 4.78 is 25.4. The van der Waals surface area contributed by atoms with Crippen molar-refractivity contribution < 1.29 is 18.3 Å². The van der Waals surface area contributed by atoms with Crippen LogP contribution >= 0.6 is 0 Å². The quantitative estimate of drug-likeness (QED) is 0.919. The van der Waals surface area contributed by atoms with Crippen LogP contribution in [0.1, 0.15) is 34.8 Å². The standard InChI is InChI=1S/C17H18N2O4S/c1-24(22,23)19-9-3-6-16(19)13-7-8-18-15(11-13)12-4-2-5-14(10-12)17(20)21/h2,4-5,7-8,10-11,16H,3,6,9H2,1H3,(H,20,21).